The van der Waals surface area contributed by atoms with Crippen molar-refractivity contribution in [3.63, 3.8) is 0 Å². The number of aliphatic hydroxyl groups excluding tert-OH is 2. The molecule has 2 aliphatic rings. The first-order chi connectivity index (χ1) is 33.4. The Bertz CT molecular complexity index is 2040. The molecule has 0 radical (unpaired) electrons. The van der Waals surface area contributed by atoms with Crippen LogP contribution in [0.25, 0.3) is 22.3 Å². The average molecular weight is 947 g/mol. The first-order valence-corrected chi connectivity index (χ1v) is 27.3. The molecule has 0 unspecified atom stereocenters. The van der Waals surface area contributed by atoms with Crippen molar-refractivity contribution in [3.8, 4) is 28.0 Å². The van der Waals surface area contributed by atoms with Crippen molar-refractivity contribution in [1.82, 2.24) is 0 Å². The second-order valence-electron chi connectivity index (χ2n) is 21.1. The zero-order valence-electron chi connectivity index (χ0n) is 43.9. The number of hydrogen-bond donors (Lipinski definition) is 2. The van der Waals surface area contributed by atoms with Gasteiger partial charge in [0, 0.05) is 16.6 Å². The van der Waals surface area contributed by atoms with Crippen LogP contribution in [0.1, 0.15) is 191 Å². The van der Waals surface area contributed by atoms with Crippen LogP contribution < -0.4 is 4.74 Å². The summed E-state index contributed by atoms with van der Waals surface area (Å²) in [6.45, 7) is 20.3. The number of carbonyl (C=O) groups excluding carboxylic acids is 2. The predicted octanol–water partition coefficient (Wildman–Crippen LogP) is 14.8. The van der Waals surface area contributed by atoms with Crippen LogP contribution in [0.4, 0.5) is 0 Å². The van der Waals surface area contributed by atoms with E-state index in [0.717, 1.165) is 71.4 Å². The zero-order valence-corrected chi connectivity index (χ0v) is 43.9. The molecule has 3 aromatic carbocycles. The number of rotatable bonds is 29. The minimum absolute atomic E-state index is 0.117. The van der Waals surface area contributed by atoms with Crippen molar-refractivity contribution in [3.05, 3.63) is 101 Å². The lowest BCUT2D eigenvalue weighted by atomic mass is 9.68. The van der Waals surface area contributed by atoms with Crippen molar-refractivity contribution >= 4 is 11.9 Å². The van der Waals surface area contributed by atoms with Crippen molar-refractivity contribution in [2.75, 3.05) is 33.0 Å². The summed E-state index contributed by atoms with van der Waals surface area (Å²) in [5.41, 5.74) is 11.1. The van der Waals surface area contributed by atoms with Gasteiger partial charge >= 0.3 is 11.9 Å². The van der Waals surface area contributed by atoms with E-state index in [2.05, 4.69) is 89.4 Å². The van der Waals surface area contributed by atoms with Gasteiger partial charge in [-0.05, 0) is 190 Å². The fourth-order valence-electron chi connectivity index (χ4n) is 11.3. The quantitative estimate of drug-likeness (QED) is 0.0406. The Morgan fingerprint density at radius 1 is 0.594 bits per heavy atom. The number of ether oxygens (including phenoxy) is 3. The van der Waals surface area contributed by atoms with Crippen LogP contribution in [0.15, 0.2) is 72.8 Å². The van der Waals surface area contributed by atoms with Gasteiger partial charge in [0.1, 0.15) is 5.75 Å². The van der Waals surface area contributed by atoms with E-state index in [9.17, 15) is 19.8 Å². The lowest BCUT2D eigenvalue weighted by Crippen LogP contribution is -2.32. The molecule has 380 valence electrons. The third-order valence-electron chi connectivity index (χ3n) is 15.8. The van der Waals surface area contributed by atoms with Crippen molar-refractivity contribution < 1.29 is 34.0 Å². The predicted molar refractivity (Wildman–Crippen MR) is 285 cm³/mol. The first-order valence-electron chi connectivity index (χ1n) is 27.3. The Labute approximate surface area is 417 Å². The number of esters is 2. The largest absolute Gasteiger partial charge is 0.493 e. The molecule has 0 saturated heterocycles. The Balaban J connectivity index is 1.40. The molecule has 2 aliphatic carbocycles. The summed E-state index contributed by atoms with van der Waals surface area (Å²) < 4.78 is 17.8. The van der Waals surface area contributed by atoms with Crippen LogP contribution in [0.5, 0.6) is 5.75 Å². The summed E-state index contributed by atoms with van der Waals surface area (Å²) in [6.07, 6.45) is 24.1. The molecule has 0 heterocycles. The summed E-state index contributed by atoms with van der Waals surface area (Å²) in [6, 6.07) is 18.7. The van der Waals surface area contributed by atoms with E-state index in [4.69, 9.17) is 14.2 Å². The first kappa shape index (κ1) is 55.7. The molecule has 0 atom stereocenters. The molecule has 69 heavy (non-hydrogen) atoms. The summed E-state index contributed by atoms with van der Waals surface area (Å²) >= 11 is 0. The van der Waals surface area contributed by atoms with E-state index in [1.807, 2.05) is 0 Å². The number of hydrogen-bond acceptors (Lipinski definition) is 7. The van der Waals surface area contributed by atoms with E-state index in [1.54, 1.807) is 13.8 Å². The molecule has 2 N–H and O–H groups in total. The summed E-state index contributed by atoms with van der Waals surface area (Å²) in [7, 11) is 0. The molecule has 0 aromatic heterocycles. The minimum Gasteiger partial charge on any atom is -0.493 e. The fraction of sp³-hybridized carbons (Fsp3) is 0.613. The molecule has 0 bridgehead atoms. The second-order valence-corrected chi connectivity index (χ2v) is 21.1. The Morgan fingerprint density at radius 3 is 1.65 bits per heavy atom. The zero-order chi connectivity index (χ0) is 49.8. The van der Waals surface area contributed by atoms with Gasteiger partial charge in [-0.2, -0.15) is 0 Å². The van der Waals surface area contributed by atoms with Crippen molar-refractivity contribution in [2.45, 2.75) is 189 Å². The van der Waals surface area contributed by atoms with E-state index >= 15 is 0 Å². The molecule has 2 fully saturated rings. The topological polar surface area (TPSA) is 102 Å². The van der Waals surface area contributed by atoms with Crippen LogP contribution in [0, 0.1) is 23.2 Å². The van der Waals surface area contributed by atoms with Crippen LogP contribution in [-0.4, -0.2) is 55.2 Å². The van der Waals surface area contributed by atoms with Gasteiger partial charge in [-0.15, -0.1) is 0 Å². The number of carbonyl (C=O) groups is 2. The molecule has 3 aromatic rings. The maximum absolute atomic E-state index is 12.3. The van der Waals surface area contributed by atoms with Gasteiger partial charge < -0.3 is 24.4 Å². The van der Waals surface area contributed by atoms with E-state index < -0.39 is 17.4 Å². The van der Waals surface area contributed by atoms with Crippen LogP contribution in [0.3, 0.4) is 0 Å². The van der Waals surface area contributed by atoms with Crippen LogP contribution in [0.2, 0.25) is 0 Å². The second kappa shape index (κ2) is 28.6. The van der Waals surface area contributed by atoms with Crippen molar-refractivity contribution in [1.29, 1.82) is 0 Å². The number of benzene rings is 3. The molecular weight excluding hydrogens is 857 g/mol. The van der Waals surface area contributed by atoms with Gasteiger partial charge in [-0.25, -0.2) is 9.59 Å². The Morgan fingerprint density at radius 2 is 1.12 bits per heavy atom. The average Bonchev–Trinajstić information content (AvgIpc) is 3.37. The monoisotopic (exact) mass is 947 g/mol. The van der Waals surface area contributed by atoms with Gasteiger partial charge in [0.15, 0.2) is 0 Å². The third-order valence-corrected chi connectivity index (χ3v) is 15.8. The molecule has 0 amide bonds. The molecular formula is C62H90O7. The highest BCUT2D eigenvalue weighted by Crippen LogP contribution is 2.46. The Kier molecular flexibility index (Phi) is 23.1. The Hall–Kier alpha value is -4.20. The maximum Gasteiger partial charge on any atom is 0.333 e. The fourth-order valence-corrected chi connectivity index (χ4v) is 11.3. The SMILES string of the molecule is C=C(C)C(=O)OCCCc1cc(-c2ccc(-c3ccc(C4CCC(C5CCC(CCCCC)CC5)CC4)cc3CC)cc2CC)cc(CCCOC(=O)C(=C)C)c1OCCC(CO)(CO)CCCC. The summed E-state index contributed by atoms with van der Waals surface area (Å²) in [5, 5.41) is 20.8. The smallest absolute Gasteiger partial charge is 0.333 e. The number of aliphatic hydroxyl groups is 2. The standard InChI is InChI=1S/C62H90O7/c1-9-13-15-18-46-21-23-49(24-22-46)50-25-27-51(28-26-50)52-29-31-57(47(11-3)38-52)53-30-32-58(48(12-4)39-53)56-40-54(19-16-35-68-60(65)44(5)6)59(55(41-56)20-17-36-69-61(66)45(7)8)67-37-34-62(42-63,43-64)33-14-10-2/h29-32,38-41,46,49-51,63-64H,5,7,9-28,33-37,42-43H2,1-4,6,8H3. The van der Waals surface area contributed by atoms with Crippen molar-refractivity contribution in [2.24, 2.45) is 23.2 Å². The normalized spacial score (nSPS) is 18.4. The molecule has 2 saturated carbocycles. The molecule has 7 heteroatoms. The van der Waals surface area contributed by atoms with Gasteiger partial charge in [-0.1, -0.05) is 129 Å². The summed E-state index contributed by atoms with van der Waals surface area (Å²) in [4.78, 5) is 24.6. The summed E-state index contributed by atoms with van der Waals surface area (Å²) in [5.74, 6) is 3.45. The molecule has 0 spiro atoms. The highest BCUT2D eigenvalue weighted by molar-refractivity contribution is 5.87. The lowest BCUT2D eigenvalue weighted by Gasteiger charge is -2.38. The van der Waals surface area contributed by atoms with Gasteiger partial charge in [0.2, 0.25) is 0 Å². The maximum atomic E-state index is 12.3. The third kappa shape index (κ3) is 16.2. The van der Waals surface area contributed by atoms with Gasteiger partial charge in [0.25, 0.3) is 0 Å². The van der Waals surface area contributed by atoms with Gasteiger partial charge in [-0.3, -0.25) is 0 Å². The van der Waals surface area contributed by atoms with Crippen LogP contribution in [-0.2, 0) is 44.7 Å². The van der Waals surface area contributed by atoms with E-state index in [0.29, 0.717) is 62.2 Å². The minimum atomic E-state index is -0.634. The van der Waals surface area contributed by atoms with E-state index in [1.165, 1.54) is 105 Å². The molecule has 5 rings (SSSR count). The molecule has 7 nitrogen and oxygen atoms in total. The van der Waals surface area contributed by atoms with Gasteiger partial charge in [0.05, 0.1) is 33.0 Å². The molecule has 0 aliphatic heterocycles. The lowest BCUT2D eigenvalue weighted by molar-refractivity contribution is -0.139. The highest BCUT2D eigenvalue weighted by atomic mass is 16.5. The number of aryl methyl sites for hydroxylation is 4. The van der Waals surface area contributed by atoms with Crippen LogP contribution >= 0.6 is 0 Å². The highest BCUT2D eigenvalue weighted by Gasteiger charge is 2.32. The number of unbranched alkanes of at least 4 members (excludes halogenated alkanes) is 3. The van der Waals surface area contributed by atoms with E-state index in [-0.39, 0.29) is 26.4 Å².